The Morgan fingerprint density at radius 1 is 1.29 bits per heavy atom. The number of ether oxygens (including phenoxy) is 1. The number of hydrogen-bond donors (Lipinski definition) is 0. The maximum Gasteiger partial charge on any atom is 0.131 e. The van der Waals surface area contributed by atoms with Crippen molar-refractivity contribution in [2.24, 2.45) is 0 Å². The Bertz CT molecular complexity index is 218. The molecular formula is C14H27NO2. The molecular weight excluding hydrogens is 214 g/mol. The van der Waals surface area contributed by atoms with Crippen LogP contribution >= 0.6 is 0 Å². The highest BCUT2D eigenvalue weighted by atomic mass is 16.5. The second-order valence-corrected chi connectivity index (χ2v) is 5.15. The number of Topliss-reactive ketones (excluding diaryl/α,β-unsaturated/α-hetero) is 1. The molecule has 1 unspecified atom stereocenters. The van der Waals surface area contributed by atoms with Crippen molar-refractivity contribution in [3.05, 3.63) is 0 Å². The average molecular weight is 241 g/mol. The normalized spacial score (nSPS) is 22.4. The highest BCUT2D eigenvalue weighted by Crippen LogP contribution is 2.20. The lowest BCUT2D eigenvalue weighted by atomic mass is 10.0. The van der Waals surface area contributed by atoms with Crippen molar-refractivity contribution < 1.29 is 9.53 Å². The van der Waals surface area contributed by atoms with Gasteiger partial charge in [0.15, 0.2) is 0 Å². The molecule has 0 N–H and O–H groups in total. The first-order valence-corrected chi connectivity index (χ1v) is 6.96. The van der Waals surface area contributed by atoms with Gasteiger partial charge in [0.05, 0.1) is 0 Å². The number of methoxy groups -OCH3 is 1. The molecule has 1 aliphatic heterocycles. The van der Waals surface area contributed by atoms with Crippen LogP contribution in [0.2, 0.25) is 0 Å². The number of rotatable bonds is 7. The van der Waals surface area contributed by atoms with Crippen molar-refractivity contribution in [2.45, 2.75) is 57.9 Å². The number of carbonyl (C=O) groups is 1. The van der Waals surface area contributed by atoms with Crippen LogP contribution in [0.15, 0.2) is 0 Å². The molecule has 3 nitrogen and oxygen atoms in total. The van der Waals surface area contributed by atoms with Crippen molar-refractivity contribution in [3.63, 3.8) is 0 Å². The fourth-order valence-electron chi connectivity index (χ4n) is 2.66. The summed E-state index contributed by atoms with van der Waals surface area (Å²) in [5.74, 6) is 0.332. The lowest BCUT2D eigenvalue weighted by Crippen LogP contribution is -2.37. The summed E-state index contributed by atoms with van der Waals surface area (Å²) in [6.45, 7) is 4.87. The maximum atomic E-state index is 11.3. The zero-order valence-electron chi connectivity index (χ0n) is 11.4. The van der Waals surface area contributed by atoms with Gasteiger partial charge in [0.2, 0.25) is 0 Å². The molecule has 0 aromatic carbocycles. The van der Waals surface area contributed by atoms with E-state index in [9.17, 15) is 4.79 Å². The highest BCUT2D eigenvalue weighted by Gasteiger charge is 2.21. The number of likely N-dealkylation sites (tertiary alicyclic amines) is 1. The minimum atomic E-state index is 0.332. The van der Waals surface area contributed by atoms with Crippen molar-refractivity contribution >= 4 is 5.78 Å². The van der Waals surface area contributed by atoms with Gasteiger partial charge in [-0.25, -0.2) is 0 Å². The van der Waals surface area contributed by atoms with Gasteiger partial charge in [-0.2, -0.15) is 0 Å². The Morgan fingerprint density at radius 3 is 2.82 bits per heavy atom. The minimum Gasteiger partial charge on any atom is -0.385 e. The molecule has 0 aromatic rings. The lowest BCUT2D eigenvalue weighted by molar-refractivity contribution is -0.118. The van der Waals surface area contributed by atoms with Crippen LogP contribution in [0.25, 0.3) is 0 Å². The van der Waals surface area contributed by atoms with Gasteiger partial charge in [-0.05, 0) is 45.7 Å². The topological polar surface area (TPSA) is 29.5 Å². The number of carbonyl (C=O) groups excluding carboxylic acids is 1. The summed E-state index contributed by atoms with van der Waals surface area (Å²) in [6, 6.07) is 0.498. The molecule has 0 radical (unpaired) electrons. The third kappa shape index (κ3) is 6.18. The first-order chi connectivity index (χ1) is 8.24. The molecule has 3 heteroatoms. The van der Waals surface area contributed by atoms with Crippen LogP contribution in [0, 0.1) is 0 Å². The predicted octanol–water partition coefficient (Wildman–Crippen LogP) is 2.64. The van der Waals surface area contributed by atoms with Crippen molar-refractivity contribution in [1.82, 2.24) is 4.90 Å². The molecule has 0 spiro atoms. The van der Waals surface area contributed by atoms with Crippen molar-refractivity contribution in [3.8, 4) is 0 Å². The van der Waals surface area contributed by atoms with Gasteiger partial charge in [0.1, 0.15) is 5.78 Å². The average Bonchev–Trinajstić information content (AvgIpc) is 2.50. The molecule has 1 atom stereocenters. The minimum absolute atomic E-state index is 0.332. The lowest BCUT2D eigenvalue weighted by Gasteiger charge is -2.29. The summed E-state index contributed by atoms with van der Waals surface area (Å²) >= 11 is 0. The Labute approximate surface area is 106 Å². The van der Waals surface area contributed by atoms with Gasteiger partial charge in [-0.1, -0.05) is 12.8 Å². The van der Waals surface area contributed by atoms with Crippen LogP contribution in [0.3, 0.4) is 0 Å². The summed E-state index contributed by atoms with van der Waals surface area (Å²) in [5, 5.41) is 0. The second kappa shape index (κ2) is 8.65. The van der Waals surface area contributed by atoms with Crippen LogP contribution in [0.1, 0.15) is 51.9 Å². The van der Waals surface area contributed by atoms with E-state index in [0.717, 1.165) is 26.0 Å². The van der Waals surface area contributed by atoms with Crippen LogP contribution in [0.4, 0.5) is 0 Å². The van der Waals surface area contributed by atoms with Crippen molar-refractivity contribution in [1.29, 1.82) is 0 Å². The van der Waals surface area contributed by atoms with Crippen LogP contribution in [0.5, 0.6) is 0 Å². The standard InChI is InChI=1S/C14H27NO2/c1-13(16)12-14-8-4-3-5-9-15(14)10-6-7-11-17-2/h14H,3-12H2,1-2H3. The summed E-state index contributed by atoms with van der Waals surface area (Å²) in [7, 11) is 1.75. The SMILES string of the molecule is COCCCCN1CCCCCC1CC(C)=O. The van der Waals surface area contributed by atoms with Gasteiger partial charge in [-0.15, -0.1) is 0 Å². The molecule has 1 heterocycles. The zero-order valence-corrected chi connectivity index (χ0v) is 11.4. The number of nitrogens with zero attached hydrogens (tertiary/aromatic N) is 1. The summed E-state index contributed by atoms with van der Waals surface area (Å²) in [4.78, 5) is 13.8. The number of ketones is 1. The number of unbranched alkanes of at least 4 members (excludes halogenated alkanes) is 1. The first kappa shape index (κ1) is 14.7. The number of hydrogen-bond acceptors (Lipinski definition) is 3. The molecule has 0 bridgehead atoms. The van der Waals surface area contributed by atoms with E-state index in [1.165, 1.54) is 38.6 Å². The van der Waals surface area contributed by atoms with Crippen LogP contribution in [-0.2, 0) is 9.53 Å². The third-order valence-corrected chi connectivity index (χ3v) is 3.57. The highest BCUT2D eigenvalue weighted by molar-refractivity contribution is 5.76. The maximum absolute atomic E-state index is 11.3. The molecule has 1 saturated heterocycles. The Hall–Kier alpha value is -0.410. The van der Waals surface area contributed by atoms with Crippen molar-refractivity contribution in [2.75, 3.05) is 26.8 Å². The molecule has 1 rings (SSSR count). The Kier molecular flexibility index (Phi) is 7.45. The Balaban J connectivity index is 2.35. The van der Waals surface area contributed by atoms with E-state index in [1.807, 2.05) is 0 Å². The molecule has 17 heavy (non-hydrogen) atoms. The Morgan fingerprint density at radius 2 is 2.12 bits per heavy atom. The van der Waals surface area contributed by atoms with E-state index < -0.39 is 0 Å². The van der Waals surface area contributed by atoms with Gasteiger partial charge >= 0.3 is 0 Å². The zero-order chi connectivity index (χ0) is 12.5. The quantitative estimate of drug-likeness (QED) is 0.642. The van der Waals surface area contributed by atoms with Crippen LogP contribution in [-0.4, -0.2) is 43.5 Å². The van der Waals surface area contributed by atoms with Gasteiger partial charge in [0, 0.05) is 26.2 Å². The molecule has 1 fully saturated rings. The molecule has 0 saturated carbocycles. The molecule has 0 aromatic heterocycles. The summed E-state index contributed by atoms with van der Waals surface area (Å²) < 4.78 is 5.07. The largest absolute Gasteiger partial charge is 0.385 e. The van der Waals surface area contributed by atoms with E-state index in [1.54, 1.807) is 14.0 Å². The first-order valence-electron chi connectivity index (χ1n) is 6.96. The molecule has 100 valence electrons. The molecule has 0 amide bonds. The molecule has 0 aliphatic carbocycles. The van der Waals surface area contributed by atoms with Gasteiger partial charge in [0.25, 0.3) is 0 Å². The monoisotopic (exact) mass is 241 g/mol. The predicted molar refractivity (Wildman–Crippen MR) is 70.2 cm³/mol. The van der Waals surface area contributed by atoms with E-state index in [2.05, 4.69) is 4.90 Å². The summed E-state index contributed by atoms with van der Waals surface area (Å²) in [5.41, 5.74) is 0. The van der Waals surface area contributed by atoms with Crippen LogP contribution < -0.4 is 0 Å². The third-order valence-electron chi connectivity index (χ3n) is 3.57. The fraction of sp³-hybridized carbons (Fsp3) is 0.929. The summed E-state index contributed by atoms with van der Waals surface area (Å²) in [6.07, 6.45) is 8.14. The fourth-order valence-corrected chi connectivity index (χ4v) is 2.66. The van der Waals surface area contributed by atoms with E-state index >= 15 is 0 Å². The second-order valence-electron chi connectivity index (χ2n) is 5.15. The molecule has 1 aliphatic rings. The van der Waals surface area contributed by atoms with Gasteiger partial charge < -0.3 is 4.74 Å². The van der Waals surface area contributed by atoms with E-state index in [4.69, 9.17) is 4.74 Å². The van der Waals surface area contributed by atoms with E-state index in [0.29, 0.717) is 11.8 Å². The van der Waals surface area contributed by atoms with E-state index in [-0.39, 0.29) is 0 Å². The van der Waals surface area contributed by atoms with Gasteiger partial charge in [-0.3, -0.25) is 9.69 Å². The smallest absolute Gasteiger partial charge is 0.131 e.